The lowest BCUT2D eigenvalue weighted by atomic mass is 10.0. The van der Waals surface area contributed by atoms with Crippen LogP contribution in [0.5, 0.6) is 0 Å². The lowest BCUT2D eigenvalue weighted by Crippen LogP contribution is -2.13. The molecular weight excluding hydrogens is 348 g/mol. The molecule has 0 aliphatic heterocycles. The fraction of sp³-hybridized carbons (Fsp3) is 0.0500. The third-order valence-corrected chi connectivity index (χ3v) is 4.50. The molecule has 0 fully saturated rings. The van der Waals surface area contributed by atoms with Crippen molar-refractivity contribution in [3.05, 3.63) is 83.4 Å². The van der Waals surface area contributed by atoms with E-state index < -0.39 is 0 Å². The summed E-state index contributed by atoms with van der Waals surface area (Å²) in [6.07, 6.45) is 7.44. The predicted molar refractivity (Wildman–Crippen MR) is 103 cm³/mol. The highest BCUT2D eigenvalue weighted by Gasteiger charge is 2.11. The van der Waals surface area contributed by atoms with Gasteiger partial charge < -0.3 is 9.72 Å². The van der Waals surface area contributed by atoms with Crippen LogP contribution in [-0.2, 0) is 0 Å². The molecule has 0 unspecified atom stereocenters. The van der Waals surface area contributed by atoms with E-state index in [2.05, 4.69) is 15.3 Å². The van der Waals surface area contributed by atoms with Gasteiger partial charge in [-0.3, -0.25) is 4.79 Å². The number of hydrogen-bond acceptors (Lipinski definition) is 3. The topological polar surface area (TPSA) is 59.3 Å². The Bertz CT molecular complexity index is 1100. The number of hydrogen-bond donors (Lipinski definition) is 1. The van der Waals surface area contributed by atoms with Crippen LogP contribution in [0.15, 0.2) is 67.3 Å². The van der Waals surface area contributed by atoms with E-state index in [1.807, 2.05) is 35.9 Å². The molecule has 0 saturated heterocycles. The van der Waals surface area contributed by atoms with Crippen molar-refractivity contribution in [3.63, 3.8) is 0 Å². The van der Waals surface area contributed by atoms with Crippen LogP contribution >= 0.6 is 11.6 Å². The molecule has 1 N–H and O–H groups in total. The lowest BCUT2D eigenvalue weighted by molar-refractivity contribution is 0.102. The number of nitrogens with one attached hydrogen (secondary N) is 1. The Morgan fingerprint density at radius 2 is 2.00 bits per heavy atom. The van der Waals surface area contributed by atoms with Gasteiger partial charge in [0.25, 0.3) is 5.91 Å². The van der Waals surface area contributed by atoms with E-state index in [1.54, 1.807) is 42.7 Å². The number of fused-ring (bicyclic) bond motifs is 1. The van der Waals surface area contributed by atoms with Gasteiger partial charge in [-0.05, 0) is 42.8 Å². The van der Waals surface area contributed by atoms with Gasteiger partial charge in [0.1, 0.15) is 11.5 Å². The standard InChI is InChI=1S/C20H15ClN4O/c1-13-10-19-22-8-9-25(19)12-16(13)14-6-7-18(23-11-14)24-20(26)15-4-2-3-5-17(15)21/h2-12H,1H3,(H,23,24,26). The van der Waals surface area contributed by atoms with E-state index in [4.69, 9.17) is 11.6 Å². The number of carbonyl (C=O) groups excluding carboxylic acids is 1. The molecule has 0 bridgehead atoms. The maximum absolute atomic E-state index is 12.3. The van der Waals surface area contributed by atoms with Crippen molar-refractivity contribution in [2.45, 2.75) is 6.92 Å². The van der Waals surface area contributed by atoms with Crippen molar-refractivity contribution in [1.82, 2.24) is 14.4 Å². The monoisotopic (exact) mass is 362 g/mol. The Morgan fingerprint density at radius 1 is 1.15 bits per heavy atom. The first kappa shape index (κ1) is 16.3. The zero-order chi connectivity index (χ0) is 18.1. The molecular formula is C20H15ClN4O. The minimum absolute atomic E-state index is 0.285. The van der Waals surface area contributed by atoms with E-state index in [1.165, 1.54) is 0 Å². The number of imidazole rings is 1. The number of pyridine rings is 2. The van der Waals surface area contributed by atoms with E-state index in [0.29, 0.717) is 16.4 Å². The van der Waals surface area contributed by atoms with Crippen molar-refractivity contribution < 1.29 is 4.79 Å². The predicted octanol–water partition coefficient (Wildman–Crippen LogP) is 4.61. The van der Waals surface area contributed by atoms with E-state index in [-0.39, 0.29) is 5.91 Å². The summed E-state index contributed by atoms with van der Waals surface area (Å²) in [5.41, 5.74) is 4.46. The Labute approximate surface area is 155 Å². The summed E-state index contributed by atoms with van der Waals surface area (Å²) in [6.45, 7) is 2.04. The van der Waals surface area contributed by atoms with E-state index in [0.717, 1.165) is 22.3 Å². The van der Waals surface area contributed by atoms with Crippen LogP contribution in [-0.4, -0.2) is 20.3 Å². The van der Waals surface area contributed by atoms with Gasteiger partial charge in [-0.2, -0.15) is 0 Å². The fourth-order valence-electron chi connectivity index (χ4n) is 2.82. The molecule has 4 aromatic rings. The third-order valence-electron chi connectivity index (χ3n) is 4.17. The second-order valence-electron chi connectivity index (χ2n) is 5.93. The van der Waals surface area contributed by atoms with Crippen LogP contribution in [0.25, 0.3) is 16.8 Å². The largest absolute Gasteiger partial charge is 0.307 e. The number of carbonyl (C=O) groups is 1. The molecule has 6 heteroatoms. The van der Waals surface area contributed by atoms with Gasteiger partial charge in [-0.15, -0.1) is 0 Å². The average molecular weight is 363 g/mol. The molecule has 0 radical (unpaired) electrons. The summed E-state index contributed by atoms with van der Waals surface area (Å²) < 4.78 is 1.97. The molecule has 3 aromatic heterocycles. The maximum atomic E-state index is 12.3. The Balaban J connectivity index is 1.59. The molecule has 4 rings (SSSR count). The first-order valence-electron chi connectivity index (χ1n) is 8.07. The summed E-state index contributed by atoms with van der Waals surface area (Å²) in [4.78, 5) is 21.0. The molecule has 26 heavy (non-hydrogen) atoms. The summed E-state index contributed by atoms with van der Waals surface area (Å²) in [7, 11) is 0. The molecule has 1 aromatic carbocycles. The van der Waals surface area contributed by atoms with Crippen molar-refractivity contribution in [2.24, 2.45) is 0 Å². The molecule has 1 amide bonds. The SMILES string of the molecule is Cc1cc2nccn2cc1-c1ccc(NC(=O)c2ccccc2Cl)nc1. The number of aromatic nitrogens is 3. The Kier molecular flexibility index (Phi) is 4.14. The van der Waals surface area contributed by atoms with Gasteiger partial charge in [-0.1, -0.05) is 23.7 Å². The molecule has 0 aliphatic carbocycles. The minimum atomic E-state index is -0.285. The number of amides is 1. The molecule has 3 heterocycles. The van der Waals surface area contributed by atoms with Gasteiger partial charge in [0.05, 0.1) is 10.6 Å². The Hall–Kier alpha value is -3.18. The highest BCUT2D eigenvalue weighted by molar-refractivity contribution is 6.34. The van der Waals surface area contributed by atoms with Gasteiger partial charge in [0.2, 0.25) is 0 Å². The smallest absolute Gasteiger partial charge is 0.258 e. The molecule has 0 aliphatic rings. The summed E-state index contributed by atoms with van der Waals surface area (Å²) >= 11 is 6.06. The third kappa shape index (κ3) is 3.05. The Morgan fingerprint density at radius 3 is 2.77 bits per heavy atom. The quantitative estimate of drug-likeness (QED) is 0.579. The summed E-state index contributed by atoms with van der Waals surface area (Å²) in [5, 5.41) is 3.18. The van der Waals surface area contributed by atoms with Crippen LogP contribution in [0.2, 0.25) is 5.02 Å². The first-order valence-corrected chi connectivity index (χ1v) is 8.45. The highest BCUT2D eigenvalue weighted by Crippen LogP contribution is 2.25. The lowest BCUT2D eigenvalue weighted by Gasteiger charge is -2.09. The number of anilines is 1. The second-order valence-corrected chi connectivity index (χ2v) is 6.34. The number of aryl methyl sites for hydroxylation is 1. The van der Waals surface area contributed by atoms with Gasteiger partial charge in [0, 0.05) is 35.9 Å². The number of halogens is 1. The average Bonchev–Trinajstić information content (AvgIpc) is 3.09. The molecule has 0 spiro atoms. The molecule has 0 atom stereocenters. The first-order chi connectivity index (χ1) is 12.6. The zero-order valence-corrected chi connectivity index (χ0v) is 14.7. The van der Waals surface area contributed by atoms with Crippen LogP contribution in [0.4, 0.5) is 5.82 Å². The summed E-state index contributed by atoms with van der Waals surface area (Å²) in [5.74, 6) is 0.187. The van der Waals surface area contributed by atoms with Crippen LogP contribution < -0.4 is 5.32 Å². The van der Waals surface area contributed by atoms with Crippen LogP contribution in [0.3, 0.4) is 0 Å². The second kappa shape index (κ2) is 6.61. The van der Waals surface area contributed by atoms with Crippen molar-refractivity contribution in [1.29, 1.82) is 0 Å². The van der Waals surface area contributed by atoms with E-state index in [9.17, 15) is 4.79 Å². The molecule has 128 valence electrons. The number of benzene rings is 1. The van der Waals surface area contributed by atoms with Crippen LogP contribution in [0.1, 0.15) is 15.9 Å². The van der Waals surface area contributed by atoms with Gasteiger partial charge in [-0.25, -0.2) is 9.97 Å². The molecule has 0 saturated carbocycles. The summed E-state index contributed by atoms with van der Waals surface area (Å²) in [6, 6.07) is 12.7. The van der Waals surface area contributed by atoms with Crippen molar-refractivity contribution in [2.75, 3.05) is 5.32 Å². The normalized spacial score (nSPS) is 10.8. The van der Waals surface area contributed by atoms with E-state index >= 15 is 0 Å². The zero-order valence-electron chi connectivity index (χ0n) is 14.0. The minimum Gasteiger partial charge on any atom is -0.307 e. The number of rotatable bonds is 3. The number of nitrogens with zero attached hydrogens (tertiary/aromatic N) is 3. The van der Waals surface area contributed by atoms with Gasteiger partial charge in [0.15, 0.2) is 0 Å². The van der Waals surface area contributed by atoms with Crippen molar-refractivity contribution >= 4 is 29.0 Å². The fourth-order valence-corrected chi connectivity index (χ4v) is 3.04. The molecule has 5 nitrogen and oxygen atoms in total. The van der Waals surface area contributed by atoms with Crippen LogP contribution in [0, 0.1) is 6.92 Å². The maximum Gasteiger partial charge on any atom is 0.258 e. The van der Waals surface area contributed by atoms with Crippen molar-refractivity contribution in [3.8, 4) is 11.1 Å². The highest BCUT2D eigenvalue weighted by atomic mass is 35.5. The van der Waals surface area contributed by atoms with Gasteiger partial charge >= 0.3 is 0 Å².